The second-order valence-corrected chi connectivity index (χ2v) is 20.5. The van der Waals surface area contributed by atoms with Crippen LogP contribution >= 0.6 is 0 Å². The van der Waals surface area contributed by atoms with Gasteiger partial charge < -0.3 is 80.4 Å². The second-order valence-electron chi connectivity index (χ2n) is 20.5. The quantitative estimate of drug-likeness (QED) is 0.0211. The van der Waals surface area contributed by atoms with Crippen LogP contribution in [0.4, 0.5) is 10.5 Å². The van der Waals surface area contributed by atoms with Crippen LogP contribution in [0.15, 0.2) is 24.3 Å². The molecule has 7 atom stereocenters. The van der Waals surface area contributed by atoms with Crippen LogP contribution in [-0.2, 0) is 47.9 Å². The van der Waals surface area contributed by atoms with Gasteiger partial charge in [-0.1, -0.05) is 54.5 Å². The average Bonchev–Trinajstić information content (AvgIpc) is 3.33. The molecule has 0 spiro atoms. The third-order valence-electron chi connectivity index (χ3n) is 11.5. The van der Waals surface area contributed by atoms with E-state index in [9.17, 15) is 62.6 Å². The van der Waals surface area contributed by atoms with Gasteiger partial charge in [0, 0.05) is 24.8 Å². The summed E-state index contributed by atoms with van der Waals surface area (Å²) in [6.45, 7) is 15.8. The van der Waals surface area contributed by atoms with Crippen molar-refractivity contribution >= 4 is 82.7 Å². The van der Waals surface area contributed by atoms with Gasteiger partial charge in [-0.15, -0.1) is 0 Å². The zero-order valence-electron chi connectivity index (χ0n) is 46.4. The molecule has 1 rings (SSSR count). The molecule has 1 aromatic carbocycles. The molecule has 28 heteroatoms. The number of carboxylic acids is 1. The Morgan fingerprint density at radius 1 is 0.615 bits per heavy atom. The Bertz CT molecular complexity index is 2310. The molecule has 0 aliphatic carbocycles. The molecule has 0 aliphatic heterocycles. The first-order valence-electron chi connectivity index (χ1n) is 25.7. The van der Waals surface area contributed by atoms with Crippen molar-refractivity contribution < 1.29 is 62.6 Å². The van der Waals surface area contributed by atoms with Crippen LogP contribution in [0.3, 0.4) is 0 Å². The maximum Gasteiger partial charge on any atom is 0.312 e. The number of nitrogens with one attached hydrogen (secondary N) is 13. The molecule has 0 saturated heterocycles. The Morgan fingerprint density at radius 2 is 1.12 bits per heavy atom. The molecule has 0 bridgehead atoms. The monoisotopic (exact) mass is 1100 g/mol. The first-order valence-corrected chi connectivity index (χ1v) is 25.7. The Kier molecular flexibility index (Phi) is 28.9. The molecule has 436 valence electrons. The Morgan fingerprint density at radius 3 is 1.62 bits per heavy atom. The number of hydrogen-bond acceptors (Lipinski definition) is 13. The highest BCUT2D eigenvalue weighted by molar-refractivity contribution is 6.01. The number of carboxylic acid groups (broad SMARTS) is 1. The van der Waals surface area contributed by atoms with E-state index in [1.807, 2.05) is 13.8 Å². The van der Waals surface area contributed by atoms with Crippen molar-refractivity contribution in [1.82, 2.24) is 58.5 Å². The molecule has 0 heterocycles. The number of primary amides is 1. The number of amides is 12. The molecule has 0 unspecified atom stereocenters. The fourth-order valence-corrected chi connectivity index (χ4v) is 7.49. The van der Waals surface area contributed by atoms with E-state index in [1.165, 1.54) is 46.0 Å². The van der Waals surface area contributed by atoms with Crippen LogP contribution in [0.25, 0.3) is 0 Å². The molecule has 1 aromatic rings. The Labute approximate surface area is 454 Å². The van der Waals surface area contributed by atoms with E-state index in [1.54, 1.807) is 40.7 Å². The zero-order chi connectivity index (χ0) is 59.6. The van der Waals surface area contributed by atoms with Crippen molar-refractivity contribution in [2.75, 3.05) is 25.5 Å². The number of guanidine groups is 1. The minimum Gasteiger partial charge on any atom is -0.481 e. The van der Waals surface area contributed by atoms with Gasteiger partial charge in [0.2, 0.25) is 53.2 Å². The molecular weight excluding hydrogens is 1020 g/mol. The molecule has 12 amide bonds. The number of likely N-dealkylation sites (N-methyl/N-ethyl adjacent to an activating group) is 1. The highest BCUT2D eigenvalue weighted by Gasteiger charge is 2.37. The number of aliphatic carboxylic acids is 1. The van der Waals surface area contributed by atoms with Crippen molar-refractivity contribution in [2.24, 2.45) is 29.2 Å². The zero-order valence-corrected chi connectivity index (χ0v) is 46.4. The minimum absolute atomic E-state index is 0.000569. The molecule has 0 saturated carbocycles. The van der Waals surface area contributed by atoms with Gasteiger partial charge in [0.05, 0.1) is 13.0 Å². The van der Waals surface area contributed by atoms with Gasteiger partial charge >= 0.3 is 12.0 Å². The number of benzene rings is 1. The summed E-state index contributed by atoms with van der Waals surface area (Å²) < 4.78 is 0. The van der Waals surface area contributed by atoms with Crippen molar-refractivity contribution in [3.8, 4) is 0 Å². The van der Waals surface area contributed by atoms with E-state index in [0.29, 0.717) is 12.1 Å². The third-order valence-corrected chi connectivity index (χ3v) is 11.5. The first kappa shape index (κ1) is 67.9. The lowest BCUT2D eigenvalue weighted by Gasteiger charge is -2.31. The number of carbonyl (C=O) groups excluding carboxylic acids is 11. The largest absolute Gasteiger partial charge is 0.481 e. The van der Waals surface area contributed by atoms with Gasteiger partial charge in [0.1, 0.15) is 47.8 Å². The number of nitrogens with two attached hydrogens (primary N) is 2. The SMILES string of the molecule is CC[C@H](NC(=O)[C@H](C)NC(=O)[C@H](CC(C)C)NC(=O)[C@H](CC(=O)O)NC(=O)CNC(=O)c1cccc(NC(=N)N)c1)C(=O)N[C@@H](CC(C)C)C(=O)N[C@@H](CCCNC(N)=O)C(=O)NC(C)(C)C(=O)N[C@@H](CC(C)C)C(=O)NC. The lowest BCUT2D eigenvalue weighted by molar-refractivity contribution is -0.141. The Hall–Kier alpha value is -8.07. The smallest absolute Gasteiger partial charge is 0.312 e. The predicted molar refractivity (Wildman–Crippen MR) is 288 cm³/mol. The van der Waals surface area contributed by atoms with Crippen molar-refractivity contribution in [2.45, 2.75) is 162 Å². The Balaban J connectivity index is 3.20. The lowest BCUT2D eigenvalue weighted by atomic mass is 9.98. The number of urea groups is 1. The van der Waals surface area contributed by atoms with Crippen LogP contribution in [0.5, 0.6) is 0 Å². The van der Waals surface area contributed by atoms with E-state index in [-0.39, 0.29) is 67.9 Å². The first-order chi connectivity index (χ1) is 36.3. The van der Waals surface area contributed by atoms with Gasteiger partial charge in [0.15, 0.2) is 5.96 Å². The summed E-state index contributed by atoms with van der Waals surface area (Å²) in [7, 11) is 1.43. The van der Waals surface area contributed by atoms with Crippen LogP contribution in [0, 0.1) is 23.2 Å². The van der Waals surface area contributed by atoms with E-state index < -0.39 is 132 Å². The highest BCUT2D eigenvalue weighted by Crippen LogP contribution is 2.14. The number of anilines is 1. The van der Waals surface area contributed by atoms with Gasteiger partial charge in [-0.2, -0.15) is 0 Å². The van der Waals surface area contributed by atoms with Crippen LogP contribution in [0.2, 0.25) is 0 Å². The van der Waals surface area contributed by atoms with Crippen molar-refractivity contribution in [3.63, 3.8) is 0 Å². The van der Waals surface area contributed by atoms with Crippen LogP contribution < -0.4 is 75.3 Å². The summed E-state index contributed by atoms with van der Waals surface area (Å²) in [6, 6.07) is -4.16. The number of carbonyl (C=O) groups is 12. The molecule has 0 aliphatic rings. The summed E-state index contributed by atoms with van der Waals surface area (Å²) in [5.74, 6) is -10.2. The maximum atomic E-state index is 14.0. The lowest BCUT2D eigenvalue weighted by Crippen LogP contribution is -2.62. The molecule has 0 fully saturated rings. The molecule has 78 heavy (non-hydrogen) atoms. The van der Waals surface area contributed by atoms with Gasteiger partial charge in [-0.25, -0.2) is 4.79 Å². The van der Waals surface area contributed by atoms with E-state index in [2.05, 4.69) is 63.8 Å². The van der Waals surface area contributed by atoms with E-state index in [0.717, 1.165) is 0 Å². The van der Waals surface area contributed by atoms with Crippen molar-refractivity contribution in [1.29, 1.82) is 5.41 Å². The van der Waals surface area contributed by atoms with Gasteiger partial charge in [-0.05, 0) is 95.2 Å². The minimum atomic E-state index is -1.72. The van der Waals surface area contributed by atoms with E-state index in [4.69, 9.17) is 16.9 Å². The fraction of sp³-hybridized carbons (Fsp3) is 0.620. The van der Waals surface area contributed by atoms with Crippen molar-refractivity contribution in [3.05, 3.63) is 29.8 Å². The fourth-order valence-electron chi connectivity index (χ4n) is 7.49. The van der Waals surface area contributed by atoms with Crippen LogP contribution in [-0.4, -0.2) is 150 Å². The summed E-state index contributed by atoms with van der Waals surface area (Å²) in [5.41, 5.74) is 9.35. The summed E-state index contributed by atoms with van der Waals surface area (Å²) >= 11 is 0. The molecule has 0 aromatic heterocycles. The van der Waals surface area contributed by atoms with Gasteiger partial charge in [0.25, 0.3) is 5.91 Å². The molecule has 0 radical (unpaired) electrons. The number of rotatable bonds is 33. The normalized spacial score (nSPS) is 13.8. The topological polar surface area (TPSA) is 445 Å². The maximum absolute atomic E-state index is 14.0. The summed E-state index contributed by atoms with van der Waals surface area (Å²) in [6.07, 6.45) is -0.480. The number of hydrogen-bond donors (Lipinski definition) is 16. The third kappa shape index (κ3) is 25.6. The second kappa shape index (κ2) is 33.2. The predicted octanol–water partition coefficient (Wildman–Crippen LogP) is -1.75. The molecular formula is C50H83N15O13. The molecule has 28 nitrogen and oxygen atoms in total. The van der Waals surface area contributed by atoms with Gasteiger partial charge in [-0.3, -0.25) is 58.1 Å². The van der Waals surface area contributed by atoms with E-state index >= 15 is 0 Å². The standard InChI is InChI=1S/C50H83N15O13/c1-12-31(42(72)62-35(21-27(6)7)44(74)61-32(17-14-18-55-49(53)78)46(76)65-50(9,10)47(77)64-33(19-25(2)3)41(71)54-11)60-39(69)28(8)57-43(73)34(20-26(4)5)63-45(75)36(23-38(67)68)59-37(66)24-56-40(70)29-15-13-16-30(22-29)58-48(51)52/h13,15-16,22,25-28,31-36H,12,14,17-21,23-24H2,1-11H3,(H,54,71)(H,56,70)(H,57,73)(H,59,66)(H,60,69)(H,61,74)(H,62,72)(H,63,75)(H,64,77)(H,65,76)(H,67,68)(H4,51,52,58)(H3,53,55,78)/t28-,31-,32-,33-,34-,35-,36-/m0/s1. The summed E-state index contributed by atoms with van der Waals surface area (Å²) in [5, 5.41) is 47.0. The summed E-state index contributed by atoms with van der Waals surface area (Å²) in [4.78, 5) is 157. The average molecular weight is 1100 g/mol. The highest BCUT2D eigenvalue weighted by atomic mass is 16.4. The van der Waals surface area contributed by atoms with Crippen LogP contribution in [0.1, 0.15) is 125 Å². The molecule has 18 N–H and O–H groups in total.